The number of carbonyl (C=O) groups is 2. The molecule has 0 saturated heterocycles. The van der Waals surface area contributed by atoms with Crippen LogP contribution in [0.2, 0.25) is 0 Å². The molecule has 2 aromatic rings. The molecular formula is C23H27NO4S. The molecule has 0 fully saturated rings. The van der Waals surface area contributed by atoms with Crippen LogP contribution in [0.4, 0.5) is 0 Å². The molecule has 1 N–H and O–H groups in total. The predicted molar refractivity (Wildman–Crippen MR) is 114 cm³/mol. The molecule has 29 heavy (non-hydrogen) atoms. The fraction of sp³-hybridized carbons (Fsp3) is 0.391. The van der Waals surface area contributed by atoms with Crippen LogP contribution in [0.5, 0.6) is 0 Å². The summed E-state index contributed by atoms with van der Waals surface area (Å²) in [6, 6.07) is 13.0. The number of aryl methyl sites for hydroxylation is 1. The number of hydrogen-bond acceptors (Lipinski definition) is 5. The highest BCUT2D eigenvalue weighted by atomic mass is 32.1. The third kappa shape index (κ3) is 5.14. The molecule has 0 aliphatic carbocycles. The molecule has 1 aromatic carbocycles. The first-order valence-electron chi connectivity index (χ1n) is 9.95. The summed E-state index contributed by atoms with van der Waals surface area (Å²) < 4.78 is 5.57. The standard InChI is InChI=1S/C23H27NO4S/c1-16(2)28-14-7-13-24-21(19-10-6-15-29-19)20(22(26)23(24)27)18(25)12-11-17-8-4-3-5-9-17/h3-6,8-10,15-16,21,26H,7,11-14H2,1-2H3. The number of carbonyl (C=O) groups excluding carboxylic acids is 2. The van der Waals surface area contributed by atoms with Gasteiger partial charge in [-0.15, -0.1) is 11.3 Å². The van der Waals surface area contributed by atoms with Crippen LogP contribution in [0.1, 0.15) is 43.2 Å². The Morgan fingerprint density at radius 1 is 1.21 bits per heavy atom. The highest BCUT2D eigenvalue weighted by Crippen LogP contribution is 2.40. The smallest absolute Gasteiger partial charge is 0.290 e. The number of amides is 1. The minimum atomic E-state index is -0.523. The SMILES string of the molecule is CC(C)OCCCN1C(=O)C(O)=C(C(=O)CCc2ccccc2)C1c1cccs1. The Kier molecular flexibility index (Phi) is 7.23. The van der Waals surface area contributed by atoms with E-state index >= 15 is 0 Å². The lowest BCUT2D eigenvalue weighted by Crippen LogP contribution is -2.32. The number of hydrogen-bond donors (Lipinski definition) is 1. The summed E-state index contributed by atoms with van der Waals surface area (Å²) in [5.74, 6) is -1.07. The fourth-order valence-electron chi connectivity index (χ4n) is 3.50. The number of nitrogens with zero attached hydrogens (tertiary/aromatic N) is 1. The van der Waals surface area contributed by atoms with E-state index in [2.05, 4.69) is 0 Å². The van der Waals surface area contributed by atoms with Gasteiger partial charge in [-0.3, -0.25) is 9.59 Å². The van der Waals surface area contributed by atoms with Crippen molar-refractivity contribution in [1.82, 2.24) is 4.90 Å². The number of ketones is 1. The summed E-state index contributed by atoms with van der Waals surface area (Å²) in [7, 11) is 0. The quantitative estimate of drug-likeness (QED) is 0.584. The van der Waals surface area contributed by atoms with Gasteiger partial charge in [0.05, 0.1) is 17.7 Å². The van der Waals surface area contributed by atoms with Gasteiger partial charge in [0.1, 0.15) is 0 Å². The van der Waals surface area contributed by atoms with Crippen molar-refractivity contribution in [3.8, 4) is 0 Å². The van der Waals surface area contributed by atoms with Crippen molar-refractivity contribution in [2.24, 2.45) is 0 Å². The maximum absolute atomic E-state index is 13.0. The van der Waals surface area contributed by atoms with E-state index in [0.717, 1.165) is 10.4 Å². The molecule has 1 aromatic heterocycles. The Labute approximate surface area is 175 Å². The molecule has 0 radical (unpaired) electrons. The number of ether oxygens (including phenoxy) is 1. The lowest BCUT2D eigenvalue weighted by Gasteiger charge is -2.25. The largest absolute Gasteiger partial charge is 0.503 e. The molecule has 0 saturated carbocycles. The Morgan fingerprint density at radius 3 is 2.62 bits per heavy atom. The molecule has 1 aliphatic rings. The molecule has 1 amide bonds. The summed E-state index contributed by atoms with van der Waals surface area (Å²) >= 11 is 1.49. The Morgan fingerprint density at radius 2 is 1.97 bits per heavy atom. The Balaban J connectivity index is 1.76. The molecule has 0 bridgehead atoms. The van der Waals surface area contributed by atoms with E-state index in [0.29, 0.717) is 26.0 Å². The number of aliphatic hydroxyl groups excluding tert-OH is 1. The first-order chi connectivity index (χ1) is 14.0. The van der Waals surface area contributed by atoms with Crippen molar-refractivity contribution in [3.05, 3.63) is 69.6 Å². The third-order valence-electron chi connectivity index (χ3n) is 4.89. The number of benzene rings is 1. The molecule has 0 spiro atoms. The van der Waals surface area contributed by atoms with E-state index in [9.17, 15) is 14.7 Å². The minimum absolute atomic E-state index is 0.124. The monoisotopic (exact) mass is 413 g/mol. The van der Waals surface area contributed by atoms with Crippen LogP contribution >= 0.6 is 11.3 Å². The van der Waals surface area contributed by atoms with Crippen molar-refractivity contribution in [3.63, 3.8) is 0 Å². The second kappa shape index (κ2) is 9.85. The van der Waals surface area contributed by atoms with Crippen molar-refractivity contribution in [2.45, 2.75) is 45.3 Å². The summed E-state index contributed by atoms with van der Waals surface area (Å²) in [6.45, 7) is 4.88. The van der Waals surface area contributed by atoms with E-state index in [1.807, 2.05) is 61.7 Å². The third-order valence-corrected chi connectivity index (χ3v) is 5.82. The van der Waals surface area contributed by atoms with Gasteiger partial charge in [0.2, 0.25) is 0 Å². The van der Waals surface area contributed by atoms with Gasteiger partial charge in [0, 0.05) is 24.4 Å². The molecule has 5 nitrogen and oxygen atoms in total. The van der Waals surface area contributed by atoms with Gasteiger partial charge in [0.15, 0.2) is 11.5 Å². The van der Waals surface area contributed by atoms with E-state index in [1.54, 1.807) is 4.90 Å². The van der Waals surface area contributed by atoms with Crippen molar-refractivity contribution >= 4 is 23.0 Å². The maximum Gasteiger partial charge on any atom is 0.290 e. The van der Waals surface area contributed by atoms with E-state index in [4.69, 9.17) is 4.74 Å². The van der Waals surface area contributed by atoms with Crippen LogP contribution in [0.25, 0.3) is 0 Å². The molecule has 2 heterocycles. The number of Topliss-reactive ketones (excluding diaryl/α,β-unsaturated/α-hetero) is 1. The molecule has 154 valence electrons. The topological polar surface area (TPSA) is 66.8 Å². The van der Waals surface area contributed by atoms with Crippen LogP contribution < -0.4 is 0 Å². The summed E-state index contributed by atoms with van der Waals surface area (Å²) in [5, 5.41) is 12.5. The van der Waals surface area contributed by atoms with Gasteiger partial charge in [-0.1, -0.05) is 36.4 Å². The van der Waals surface area contributed by atoms with Gasteiger partial charge in [0.25, 0.3) is 5.91 Å². The lowest BCUT2D eigenvalue weighted by molar-refractivity contribution is -0.129. The lowest BCUT2D eigenvalue weighted by atomic mass is 9.97. The summed E-state index contributed by atoms with van der Waals surface area (Å²) in [5.41, 5.74) is 1.28. The minimum Gasteiger partial charge on any atom is -0.503 e. The van der Waals surface area contributed by atoms with Crippen molar-refractivity contribution < 1.29 is 19.4 Å². The predicted octanol–water partition coefficient (Wildman–Crippen LogP) is 4.46. The van der Waals surface area contributed by atoms with Crippen LogP contribution in [0, 0.1) is 0 Å². The molecular weight excluding hydrogens is 386 g/mol. The summed E-state index contributed by atoms with van der Waals surface area (Å²) in [6.07, 6.45) is 1.59. The normalized spacial score (nSPS) is 16.9. The zero-order chi connectivity index (χ0) is 20.8. The van der Waals surface area contributed by atoms with E-state index in [1.165, 1.54) is 11.3 Å². The second-order valence-electron chi connectivity index (χ2n) is 7.36. The Bertz CT molecular complexity index is 858. The number of thiophene rings is 1. The summed E-state index contributed by atoms with van der Waals surface area (Å²) in [4.78, 5) is 28.3. The average Bonchev–Trinajstić information content (AvgIpc) is 3.32. The fourth-order valence-corrected chi connectivity index (χ4v) is 4.35. The van der Waals surface area contributed by atoms with Crippen molar-refractivity contribution in [1.29, 1.82) is 0 Å². The van der Waals surface area contributed by atoms with Gasteiger partial charge >= 0.3 is 0 Å². The van der Waals surface area contributed by atoms with Crippen LogP contribution in [-0.4, -0.2) is 41.0 Å². The van der Waals surface area contributed by atoms with Crippen molar-refractivity contribution in [2.75, 3.05) is 13.2 Å². The number of rotatable bonds is 10. The highest BCUT2D eigenvalue weighted by Gasteiger charge is 2.43. The van der Waals surface area contributed by atoms with Gasteiger partial charge in [-0.25, -0.2) is 0 Å². The van der Waals surface area contributed by atoms with Crippen LogP contribution in [0.3, 0.4) is 0 Å². The molecule has 6 heteroatoms. The second-order valence-corrected chi connectivity index (χ2v) is 8.34. The zero-order valence-electron chi connectivity index (χ0n) is 16.8. The molecule has 1 unspecified atom stereocenters. The van der Waals surface area contributed by atoms with E-state index in [-0.39, 0.29) is 23.9 Å². The highest BCUT2D eigenvalue weighted by molar-refractivity contribution is 7.10. The molecule has 1 aliphatic heterocycles. The first-order valence-corrected chi connectivity index (χ1v) is 10.8. The van der Waals surface area contributed by atoms with Crippen LogP contribution in [0.15, 0.2) is 59.2 Å². The van der Waals surface area contributed by atoms with E-state index < -0.39 is 17.7 Å². The van der Waals surface area contributed by atoms with Gasteiger partial charge in [-0.05, 0) is 43.7 Å². The zero-order valence-corrected chi connectivity index (χ0v) is 17.7. The molecule has 1 atom stereocenters. The van der Waals surface area contributed by atoms with Crippen LogP contribution in [-0.2, 0) is 20.7 Å². The molecule has 3 rings (SSSR count). The van der Waals surface area contributed by atoms with Gasteiger partial charge < -0.3 is 14.7 Å². The first kappa shape index (κ1) is 21.3. The Hall–Kier alpha value is -2.44. The maximum atomic E-state index is 13.0. The average molecular weight is 414 g/mol. The van der Waals surface area contributed by atoms with Gasteiger partial charge in [-0.2, -0.15) is 0 Å². The number of aliphatic hydroxyl groups is 1.